The van der Waals surface area contributed by atoms with E-state index in [1.807, 2.05) is 0 Å². The molecule has 0 aliphatic carbocycles. The summed E-state index contributed by atoms with van der Waals surface area (Å²) in [4.78, 5) is 11.3. The smallest absolute Gasteiger partial charge is 0.0892 e. The Hall–Kier alpha value is -1.74. The van der Waals surface area contributed by atoms with Crippen molar-refractivity contribution in [3.63, 3.8) is 0 Å². The summed E-state index contributed by atoms with van der Waals surface area (Å²) in [5.74, 6) is 0. The molecule has 1 saturated heterocycles. The Labute approximate surface area is 119 Å². The molecule has 2 aliphatic heterocycles. The van der Waals surface area contributed by atoms with Crippen LogP contribution in [-0.2, 0) is 0 Å². The van der Waals surface area contributed by atoms with Gasteiger partial charge in [-0.05, 0) is 49.6 Å². The van der Waals surface area contributed by atoms with Gasteiger partial charge in [0.05, 0.1) is 11.0 Å². The molecule has 1 fully saturated rings. The molecule has 4 rings (SSSR count). The molecule has 3 nitrogen and oxygen atoms in total. The highest BCUT2D eigenvalue weighted by molar-refractivity contribution is 5.80. The van der Waals surface area contributed by atoms with Crippen LogP contribution in [0.5, 0.6) is 0 Å². The van der Waals surface area contributed by atoms with Crippen LogP contribution in [0.4, 0.5) is 0 Å². The van der Waals surface area contributed by atoms with Crippen LogP contribution >= 0.6 is 0 Å². The zero-order valence-corrected chi connectivity index (χ0v) is 11.8. The molecule has 0 N–H and O–H groups in total. The Bertz CT molecular complexity index is 677. The van der Waals surface area contributed by atoms with Crippen molar-refractivity contribution in [3.8, 4) is 0 Å². The lowest BCUT2D eigenvalue weighted by Crippen LogP contribution is -2.45. The second kappa shape index (κ2) is 4.67. The van der Waals surface area contributed by atoms with E-state index in [1.165, 1.54) is 36.8 Å². The summed E-state index contributed by atoms with van der Waals surface area (Å²) >= 11 is 0. The van der Waals surface area contributed by atoms with Crippen LogP contribution in [-0.4, -0.2) is 34.0 Å². The third-order valence-electron chi connectivity index (χ3n) is 4.83. The Balaban J connectivity index is 1.75. The highest BCUT2D eigenvalue weighted by atomic mass is 15.2. The third-order valence-corrected chi connectivity index (χ3v) is 4.83. The highest BCUT2D eigenvalue weighted by Gasteiger charge is 2.31. The van der Waals surface area contributed by atoms with Crippen molar-refractivity contribution in [2.75, 3.05) is 7.05 Å². The summed E-state index contributed by atoms with van der Waals surface area (Å²) in [5, 5.41) is 0. The molecule has 3 heterocycles. The van der Waals surface area contributed by atoms with Gasteiger partial charge in [-0.25, -0.2) is 0 Å². The minimum atomic E-state index is 0.620. The lowest BCUT2D eigenvalue weighted by molar-refractivity contribution is 0.137. The van der Waals surface area contributed by atoms with Gasteiger partial charge in [-0.1, -0.05) is 18.6 Å². The monoisotopic (exact) mass is 265 g/mol. The summed E-state index contributed by atoms with van der Waals surface area (Å²) in [6.45, 7) is 0. The molecule has 2 bridgehead atoms. The van der Waals surface area contributed by atoms with Crippen molar-refractivity contribution in [1.82, 2.24) is 14.9 Å². The Kier molecular flexibility index (Phi) is 2.81. The van der Waals surface area contributed by atoms with Gasteiger partial charge in [0.15, 0.2) is 0 Å². The molecule has 3 heteroatoms. The molecule has 1 aromatic carbocycles. The summed E-state index contributed by atoms with van der Waals surface area (Å²) in [5.41, 5.74) is 4.79. The molecular weight excluding hydrogens is 246 g/mol. The number of fused-ring (bicyclic) bond motifs is 3. The molecule has 0 spiro atoms. The van der Waals surface area contributed by atoms with Crippen LogP contribution in [0.1, 0.15) is 31.2 Å². The first kappa shape index (κ1) is 12.0. The topological polar surface area (TPSA) is 29.0 Å². The summed E-state index contributed by atoms with van der Waals surface area (Å²) < 4.78 is 0. The maximum atomic E-state index is 4.42. The molecule has 20 heavy (non-hydrogen) atoms. The number of hydrogen-bond donors (Lipinski definition) is 0. The zero-order chi connectivity index (χ0) is 13.5. The molecule has 102 valence electrons. The molecule has 0 radical (unpaired) electrons. The molecule has 1 aromatic heterocycles. The van der Waals surface area contributed by atoms with Crippen LogP contribution in [0.15, 0.2) is 36.7 Å². The normalized spacial score (nSPS) is 26.6. The van der Waals surface area contributed by atoms with Crippen molar-refractivity contribution in [2.24, 2.45) is 0 Å². The van der Waals surface area contributed by atoms with Gasteiger partial charge in [-0.3, -0.25) is 14.9 Å². The predicted molar refractivity (Wildman–Crippen MR) is 81.3 cm³/mol. The van der Waals surface area contributed by atoms with E-state index in [9.17, 15) is 0 Å². The van der Waals surface area contributed by atoms with Crippen LogP contribution in [0.25, 0.3) is 16.6 Å². The Morgan fingerprint density at radius 1 is 1.10 bits per heavy atom. The highest BCUT2D eigenvalue weighted by Crippen LogP contribution is 2.36. The van der Waals surface area contributed by atoms with Crippen LogP contribution < -0.4 is 0 Å². The van der Waals surface area contributed by atoms with Crippen LogP contribution in [0, 0.1) is 0 Å². The second-order valence-electron chi connectivity index (χ2n) is 5.97. The Morgan fingerprint density at radius 2 is 1.95 bits per heavy atom. The number of nitrogens with zero attached hydrogens (tertiary/aromatic N) is 3. The standard InChI is InChI=1S/C17H19N3/c1-20-14-3-2-4-15(20)10-13(9-14)12-5-6-16-17(11-12)19-8-7-18-16/h5-9,11,14-15H,2-4,10H2,1H3. The minimum Gasteiger partial charge on any atom is -0.297 e. The van der Waals surface area contributed by atoms with E-state index in [1.54, 1.807) is 12.4 Å². The molecular formula is C17H19N3. The first-order chi connectivity index (χ1) is 9.81. The number of likely N-dealkylation sites (N-methyl/N-ethyl adjacent to an activating group) is 1. The van der Waals surface area contributed by atoms with Gasteiger partial charge in [0.25, 0.3) is 0 Å². The van der Waals surface area contributed by atoms with Gasteiger partial charge in [0.1, 0.15) is 0 Å². The molecule has 2 aromatic rings. The van der Waals surface area contributed by atoms with Crippen molar-refractivity contribution >= 4 is 16.6 Å². The lowest BCUT2D eigenvalue weighted by atomic mass is 9.83. The van der Waals surface area contributed by atoms with E-state index in [0.717, 1.165) is 11.0 Å². The molecule has 2 atom stereocenters. The number of rotatable bonds is 1. The van der Waals surface area contributed by atoms with E-state index in [2.05, 4.69) is 46.2 Å². The average Bonchev–Trinajstić information content (AvgIpc) is 2.46. The lowest BCUT2D eigenvalue weighted by Gasteiger charge is -2.42. The van der Waals surface area contributed by atoms with Crippen molar-refractivity contribution in [2.45, 2.75) is 37.8 Å². The first-order valence-corrected chi connectivity index (χ1v) is 7.45. The van der Waals surface area contributed by atoms with Crippen molar-refractivity contribution in [1.29, 1.82) is 0 Å². The zero-order valence-electron chi connectivity index (χ0n) is 11.8. The quantitative estimate of drug-likeness (QED) is 0.792. The van der Waals surface area contributed by atoms with Gasteiger partial charge < -0.3 is 0 Å². The fourth-order valence-electron chi connectivity index (χ4n) is 3.62. The van der Waals surface area contributed by atoms with E-state index in [0.29, 0.717) is 12.1 Å². The van der Waals surface area contributed by atoms with E-state index < -0.39 is 0 Å². The molecule has 0 amide bonds. The average molecular weight is 265 g/mol. The van der Waals surface area contributed by atoms with Crippen LogP contribution in [0.2, 0.25) is 0 Å². The maximum Gasteiger partial charge on any atom is 0.0892 e. The SMILES string of the molecule is CN1C2C=C(c3ccc4nccnc4c3)CC1CCC2. The van der Waals surface area contributed by atoms with Gasteiger partial charge in [-0.15, -0.1) is 0 Å². The number of piperidine rings is 1. The molecule has 0 saturated carbocycles. The minimum absolute atomic E-state index is 0.620. The number of benzene rings is 1. The van der Waals surface area contributed by atoms with Crippen molar-refractivity contribution < 1.29 is 0 Å². The second-order valence-corrected chi connectivity index (χ2v) is 5.97. The molecule has 2 unspecified atom stereocenters. The van der Waals surface area contributed by atoms with Crippen LogP contribution in [0.3, 0.4) is 0 Å². The van der Waals surface area contributed by atoms with Gasteiger partial charge >= 0.3 is 0 Å². The van der Waals surface area contributed by atoms with E-state index in [-0.39, 0.29) is 0 Å². The summed E-state index contributed by atoms with van der Waals surface area (Å²) in [7, 11) is 2.27. The summed E-state index contributed by atoms with van der Waals surface area (Å²) in [6.07, 6.45) is 11.1. The fraction of sp³-hybridized carbons (Fsp3) is 0.412. The third kappa shape index (κ3) is 1.93. The summed E-state index contributed by atoms with van der Waals surface area (Å²) in [6, 6.07) is 7.81. The fourth-order valence-corrected chi connectivity index (χ4v) is 3.62. The maximum absolute atomic E-state index is 4.42. The van der Waals surface area contributed by atoms with E-state index in [4.69, 9.17) is 0 Å². The van der Waals surface area contributed by atoms with Crippen molar-refractivity contribution in [3.05, 3.63) is 42.2 Å². The Morgan fingerprint density at radius 3 is 2.80 bits per heavy atom. The van der Waals surface area contributed by atoms with Gasteiger partial charge in [-0.2, -0.15) is 0 Å². The predicted octanol–water partition coefficient (Wildman–Crippen LogP) is 3.27. The number of hydrogen-bond acceptors (Lipinski definition) is 3. The van der Waals surface area contributed by atoms with E-state index >= 15 is 0 Å². The van der Waals surface area contributed by atoms with Gasteiger partial charge in [0.2, 0.25) is 0 Å². The number of aromatic nitrogens is 2. The van der Waals surface area contributed by atoms with Gasteiger partial charge in [0, 0.05) is 24.5 Å². The first-order valence-electron chi connectivity index (χ1n) is 7.45. The molecule has 2 aliphatic rings. The largest absolute Gasteiger partial charge is 0.297 e.